The first-order valence-corrected chi connectivity index (χ1v) is 7.99. The minimum absolute atomic E-state index is 0.580. The highest BCUT2D eigenvalue weighted by molar-refractivity contribution is 8.00. The average molecular weight is 240 g/mol. The van der Waals surface area contributed by atoms with Crippen LogP contribution in [0, 0.1) is 17.8 Å². The molecule has 3 heteroatoms. The first kappa shape index (κ1) is 11.4. The zero-order valence-electron chi connectivity index (χ0n) is 10.0. The first-order valence-electron chi connectivity index (χ1n) is 6.94. The van der Waals surface area contributed by atoms with Gasteiger partial charge in [-0.25, -0.2) is 0 Å². The predicted molar refractivity (Wildman–Crippen MR) is 70.1 cm³/mol. The first-order chi connectivity index (χ1) is 7.86. The number of fused-ring (bicyclic) bond motifs is 2. The van der Waals surface area contributed by atoms with E-state index < -0.39 is 0 Å². The van der Waals surface area contributed by atoms with Crippen LogP contribution in [0.15, 0.2) is 0 Å². The Kier molecular flexibility index (Phi) is 3.46. The van der Waals surface area contributed by atoms with Gasteiger partial charge in [0, 0.05) is 11.3 Å². The lowest BCUT2D eigenvalue weighted by Crippen LogP contribution is -2.43. The second-order valence-corrected chi connectivity index (χ2v) is 7.34. The molecule has 3 aliphatic rings. The average Bonchev–Trinajstić information content (AvgIpc) is 3.01. The third-order valence-electron chi connectivity index (χ3n) is 5.07. The van der Waals surface area contributed by atoms with Gasteiger partial charge < -0.3 is 0 Å². The molecule has 16 heavy (non-hydrogen) atoms. The van der Waals surface area contributed by atoms with Gasteiger partial charge >= 0.3 is 0 Å². The smallest absolute Gasteiger partial charge is 0.0332 e. The lowest BCUT2D eigenvalue weighted by atomic mass is 9.83. The highest BCUT2D eigenvalue weighted by Gasteiger charge is 2.41. The Labute approximate surface area is 103 Å². The largest absolute Gasteiger partial charge is 0.271 e. The van der Waals surface area contributed by atoms with Crippen molar-refractivity contribution in [2.24, 2.45) is 23.6 Å². The standard InChI is InChI=1S/C13H24N2S/c14-15-12(13-2-1-5-16-13)8-11-7-9-3-4-10(11)6-9/h9-13,15H,1-8,14H2. The number of nitrogens with two attached hydrogens (primary N) is 1. The van der Waals surface area contributed by atoms with Gasteiger partial charge in [0.25, 0.3) is 0 Å². The summed E-state index contributed by atoms with van der Waals surface area (Å²) < 4.78 is 0. The summed E-state index contributed by atoms with van der Waals surface area (Å²) in [5.74, 6) is 10.2. The summed E-state index contributed by atoms with van der Waals surface area (Å²) in [6.07, 6.45) is 10.2. The lowest BCUT2D eigenvalue weighted by Gasteiger charge is -2.29. The van der Waals surface area contributed by atoms with E-state index in [-0.39, 0.29) is 0 Å². The maximum absolute atomic E-state index is 5.77. The molecular weight excluding hydrogens is 216 g/mol. The summed E-state index contributed by atoms with van der Waals surface area (Å²) in [5.41, 5.74) is 3.11. The number of nitrogens with one attached hydrogen (secondary N) is 1. The van der Waals surface area contributed by atoms with E-state index in [0.29, 0.717) is 6.04 Å². The molecule has 2 nitrogen and oxygen atoms in total. The normalized spacial score (nSPS) is 44.1. The Morgan fingerprint density at radius 3 is 2.75 bits per heavy atom. The fourth-order valence-corrected chi connectivity index (χ4v) is 5.63. The SMILES string of the molecule is NNC(CC1CC2CCC1C2)C1CCCS1. The van der Waals surface area contributed by atoms with Crippen molar-refractivity contribution in [3.8, 4) is 0 Å². The van der Waals surface area contributed by atoms with Crippen LogP contribution in [0.3, 0.4) is 0 Å². The molecule has 5 unspecified atom stereocenters. The van der Waals surface area contributed by atoms with Crippen molar-refractivity contribution < 1.29 is 0 Å². The van der Waals surface area contributed by atoms with Gasteiger partial charge in [-0.15, -0.1) is 0 Å². The maximum Gasteiger partial charge on any atom is 0.0332 e. The molecule has 3 fully saturated rings. The Balaban J connectivity index is 1.55. The van der Waals surface area contributed by atoms with E-state index in [2.05, 4.69) is 17.2 Å². The molecule has 3 rings (SSSR count). The summed E-state index contributed by atoms with van der Waals surface area (Å²) >= 11 is 2.14. The maximum atomic E-state index is 5.77. The quantitative estimate of drug-likeness (QED) is 0.586. The second-order valence-electron chi connectivity index (χ2n) is 6.00. The van der Waals surface area contributed by atoms with Crippen LogP contribution in [0.1, 0.15) is 44.9 Å². The Morgan fingerprint density at radius 1 is 1.25 bits per heavy atom. The molecule has 2 aliphatic carbocycles. The van der Waals surface area contributed by atoms with Crippen LogP contribution >= 0.6 is 11.8 Å². The monoisotopic (exact) mass is 240 g/mol. The summed E-state index contributed by atoms with van der Waals surface area (Å²) in [6, 6.07) is 0.580. The molecule has 0 aromatic heterocycles. The molecule has 1 heterocycles. The van der Waals surface area contributed by atoms with Crippen LogP contribution in [-0.4, -0.2) is 17.0 Å². The van der Waals surface area contributed by atoms with E-state index in [0.717, 1.165) is 23.0 Å². The van der Waals surface area contributed by atoms with E-state index in [9.17, 15) is 0 Å². The summed E-state index contributed by atoms with van der Waals surface area (Å²) in [4.78, 5) is 0. The molecule has 2 bridgehead atoms. The summed E-state index contributed by atoms with van der Waals surface area (Å²) in [7, 11) is 0. The van der Waals surface area contributed by atoms with Crippen molar-refractivity contribution in [2.45, 2.75) is 56.2 Å². The van der Waals surface area contributed by atoms with Crippen molar-refractivity contribution in [3.63, 3.8) is 0 Å². The molecule has 5 atom stereocenters. The van der Waals surface area contributed by atoms with Crippen molar-refractivity contribution >= 4 is 11.8 Å². The number of hydrogen-bond acceptors (Lipinski definition) is 3. The molecule has 92 valence electrons. The van der Waals surface area contributed by atoms with Crippen LogP contribution < -0.4 is 11.3 Å². The zero-order valence-corrected chi connectivity index (χ0v) is 10.8. The third-order valence-corrected chi connectivity index (χ3v) is 6.59. The van der Waals surface area contributed by atoms with Crippen LogP contribution in [0.5, 0.6) is 0 Å². The Morgan fingerprint density at radius 2 is 2.19 bits per heavy atom. The van der Waals surface area contributed by atoms with Gasteiger partial charge in [0.1, 0.15) is 0 Å². The van der Waals surface area contributed by atoms with Crippen LogP contribution in [0.25, 0.3) is 0 Å². The number of hydrogen-bond donors (Lipinski definition) is 2. The van der Waals surface area contributed by atoms with E-state index in [1.807, 2.05) is 0 Å². The van der Waals surface area contributed by atoms with Crippen molar-refractivity contribution in [3.05, 3.63) is 0 Å². The van der Waals surface area contributed by atoms with Gasteiger partial charge in [-0.05, 0) is 62.0 Å². The van der Waals surface area contributed by atoms with E-state index >= 15 is 0 Å². The Hall–Kier alpha value is 0.270. The van der Waals surface area contributed by atoms with Crippen molar-refractivity contribution in [1.29, 1.82) is 0 Å². The van der Waals surface area contributed by atoms with E-state index in [4.69, 9.17) is 5.84 Å². The second kappa shape index (κ2) is 4.87. The lowest BCUT2D eigenvalue weighted by molar-refractivity contribution is 0.274. The summed E-state index contributed by atoms with van der Waals surface area (Å²) in [5, 5.41) is 0.795. The molecule has 0 spiro atoms. The molecule has 1 aliphatic heterocycles. The Bertz CT molecular complexity index is 240. The van der Waals surface area contributed by atoms with Gasteiger partial charge in [0.05, 0.1) is 0 Å². The van der Waals surface area contributed by atoms with Crippen molar-refractivity contribution in [1.82, 2.24) is 5.43 Å². The van der Waals surface area contributed by atoms with Crippen LogP contribution in [-0.2, 0) is 0 Å². The van der Waals surface area contributed by atoms with Gasteiger partial charge in [-0.3, -0.25) is 11.3 Å². The van der Waals surface area contributed by atoms with E-state index in [1.54, 1.807) is 0 Å². The number of rotatable bonds is 4. The highest BCUT2D eigenvalue weighted by Crippen LogP contribution is 2.50. The van der Waals surface area contributed by atoms with Crippen molar-refractivity contribution in [2.75, 3.05) is 5.75 Å². The van der Waals surface area contributed by atoms with Gasteiger partial charge in [-0.1, -0.05) is 6.42 Å². The molecule has 0 aromatic carbocycles. The van der Waals surface area contributed by atoms with Crippen LogP contribution in [0.2, 0.25) is 0 Å². The minimum atomic E-state index is 0.580. The molecule has 2 saturated carbocycles. The predicted octanol–water partition coefficient (Wildman–Crippen LogP) is 2.54. The fraction of sp³-hybridized carbons (Fsp3) is 1.00. The van der Waals surface area contributed by atoms with Gasteiger partial charge in [0.15, 0.2) is 0 Å². The molecule has 3 N–H and O–H groups in total. The molecular formula is C13H24N2S. The molecule has 1 saturated heterocycles. The van der Waals surface area contributed by atoms with E-state index in [1.165, 1.54) is 50.7 Å². The molecule has 0 amide bonds. The van der Waals surface area contributed by atoms with Gasteiger partial charge in [-0.2, -0.15) is 11.8 Å². The topological polar surface area (TPSA) is 38.0 Å². The highest BCUT2D eigenvalue weighted by atomic mass is 32.2. The number of hydrazine groups is 1. The minimum Gasteiger partial charge on any atom is -0.271 e. The fourth-order valence-electron chi connectivity index (χ4n) is 4.24. The third kappa shape index (κ3) is 2.14. The number of thioether (sulfide) groups is 1. The summed E-state index contributed by atoms with van der Waals surface area (Å²) in [6.45, 7) is 0. The van der Waals surface area contributed by atoms with Gasteiger partial charge in [0.2, 0.25) is 0 Å². The van der Waals surface area contributed by atoms with Crippen LogP contribution in [0.4, 0.5) is 0 Å². The molecule has 0 aromatic rings. The zero-order chi connectivity index (χ0) is 11.0. The molecule has 0 radical (unpaired) electrons.